The summed E-state index contributed by atoms with van der Waals surface area (Å²) in [5.74, 6) is 2.49. The van der Waals surface area contributed by atoms with Gasteiger partial charge in [-0.25, -0.2) is 9.97 Å². The summed E-state index contributed by atoms with van der Waals surface area (Å²) in [4.78, 5) is 10.8. The molecule has 1 aliphatic heterocycles. The lowest BCUT2D eigenvalue weighted by molar-refractivity contribution is 0.136. The van der Waals surface area contributed by atoms with E-state index in [1.165, 1.54) is 0 Å². The number of anilines is 2. The largest absolute Gasteiger partial charge is 0.393 e. The van der Waals surface area contributed by atoms with Crippen LogP contribution in [0.1, 0.15) is 24.7 Å². The highest BCUT2D eigenvalue weighted by Crippen LogP contribution is 2.28. The molecular formula is C12H20N4O. The van der Waals surface area contributed by atoms with Crippen molar-refractivity contribution < 1.29 is 5.11 Å². The van der Waals surface area contributed by atoms with Gasteiger partial charge in [-0.05, 0) is 27.2 Å². The molecule has 1 saturated heterocycles. The number of hydrogen-bond donors (Lipinski definition) is 2. The second kappa shape index (κ2) is 4.49. The predicted octanol–water partition coefficient (Wildman–Crippen LogP) is 0.883. The number of rotatable bonds is 2. The van der Waals surface area contributed by atoms with E-state index in [0.29, 0.717) is 17.6 Å². The SMILES string of the molecule is Cc1nc(N)c(C)c(N2CCC(C(C)O)C2)n1. The van der Waals surface area contributed by atoms with Crippen molar-refractivity contribution in [2.75, 3.05) is 23.7 Å². The van der Waals surface area contributed by atoms with Gasteiger partial charge in [-0.15, -0.1) is 0 Å². The molecule has 1 fully saturated rings. The summed E-state index contributed by atoms with van der Waals surface area (Å²) >= 11 is 0. The standard InChI is InChI=1S/C12H20N4O/c1-7-11(13)14-9(3)15-12(7)16-5-4-10(6-16)8(2)17/h8,10,17H,4-6H2,1-3H3,(H2,13,14,15). The van der Waals surface area contributed by atoms with Crippen LogP contribution in [0, 0.1) is 19.8 Å². The Kier molecular flexibility index (Phi) is 3.19. The molecule has 0 spiro atoms. The van der Waals surface area contributed by atoms with Crippen molar-refractivity contribution in [2.45, 2.75) is 33.3 Å². The third-order valence-electron chi connectivity index (χ3n) is 3.48. The molecule has 2 unspecified atom stereocenters. The van der Waals surface area contributed by atoms with Crippen molar-refractivity contribution in [3.8, 4) is 0 Å². The molecule has 1 aromatic heterocycles. The third-order valence-corrected chi connectivity index (χ3v) is 3.48. The number of aryl methyl sites for hydroxylation is 1. The average molecular weight is 236 g/mol. The number of hydrogen-bond acceptors (Lipinski definition) is 5. The Morgan fingerprint density at radius 2 is 2.12 bits per heavy atom. The molecule has 1 aliphatic rings. The molecule has 2 heterocycles. The van der Waals surface area contributed by atoms with Crippen molar-refractivity contribution in [2.24, 2.45) is 5.92 Å². The minimum Gasteiger partial charge on any atom is -0.393 e. The van der Waals surface area contributed by atoms with E-state index in [1.807, 2.05) is 20.8 Å². The Labute approximate surface area is 102 Å². The zero-order valence-electron chi connectivity index (χ0n) is 10.6. The Morgan fingerprint density at radius 1 is 1.41 bits per heavy atom. The molecule has 0 aromatic carbocycles. The topological polar surface area (TPSA) is 75.3 Å². The third kappa shape index (κ3) is 2.34. The van der Waals surface area contributed by atoms with E-state index in [4.69, 9.17) is 5.73 Å². The van der Waals surface area contributed by atoms with Gasteiger partial charge in [0, 0.05) is 24.6 Å². The van der Waals surface area contributed by atoms with Gasteiger partial charge in [0.15, 0.2) is 0 Å². The van der Waals surface area contributed by atoms with Crippen LogP contribution < -0.4 is 10.6 Å². The van der Waals surface area contributed by atoms with E-state index in [2.05, 4.69) is 14.9 Å². The fourth-order valence-corrected chi connectivity index (χ4v) is 2.32. The highest BCUT2D eigenvalue weighted by molar-refractivity contribution is 5.56. The van der Waals surface area contributed by atoms with Gasteiger partial charge < -0.3 is 15.7 Å². The van der Waals surface area contributed by atoms with Crippen LogP contribution in [0.15, 0.2) is 0 Å². The molecule has 94 valence electrons. The van der Waals surface area contributed by atoms with Gasteiger partial charge in [0.2, 0.25) is 0 Å². The maximum atomic E-state index is 9.61. The zero-order valence-corrected chi connectivity index (χ0v) is 10.6. The minimum atomic E-state index is -0.263. The van der Waals surface area contributed by atoms with Gasteiger partial charge in [-0.1, -0.05) is 0 Å². The molecule has 0 saturated carbocycles. The Hall–Kier alpha value is -1.36. The zero-order chi connectivity index (χ0) is 12.6. The smallest absolute Gasteiger partial charge is 0.137 e. The number of nitrogens with zero attached hydrogens (tertiary/aromatic N) is 3. The number of aliphatic hydroxyl groups is 1. The first kappa shape index (κ1) is 12.1. The normalized spacial score (nSPS) is 21.9. The molecule has 2 rings (SSSR count). The summed E-state index contributed by atoms with van der Waals surface area (Å²) in [5.41, 5.74) is 6.79. The van der Waals surface area contributed by atoms with Crippen LogP contribution in [-0.4, -0.2) is 34.3 Å². The maximum Gasteiger partial charge on any atom is 0.137 e. The summed E-state index contributed by atoms with van der Waals surface area (Å²) in [5, 5.41) is 9.61. The highest BCUT2D eigenvalue weighted by atomic mass is 16.3. The fraction of sp³-hybridized carbons (Fsp3) is 0.667. The van der Waals surface area contributed by atoms with E-state index < -0.39 is 0 Å². The first-order valence-electron chi connectivity index (χ1n) is 6.02. The van der Waals surface area contributed by atoms with Crippen LogP contribution in [0.4, 0.5) is 11.6 Å². The molecule has 5 heteroatoms. The monoisotopic (exact) mass is 236 g/mol. The van der Waals surface area contributed by atoms with Gasteiger partial charge in [0.1, 0.15) is 17.5 Å². The lowest BCUT2D eigenvalue weighted by atomic mass is 10.0. The van der Waals surface area contributed by atoms with E-state index in [9.17, 15) is 5.11 Å². The number of aromatic nitrogens is 2. The van der Waals surface area contributed by atoms with Crippen molar-refractivity contribution >= 4 is 11.6 Å². The summed E-state index contributed by atoms with van der Waals surface area (Å²) in [6.07, 6.45) is 0.737. The summed E-state index contributed by atoms with van der Waals surface area (Å²) < 4.78 is 0. The summed E-state index contributed by atoms with van der Waals surface area (Å²) in [6, 6.07) is 0. The van der Waals surface area contributed by atoms with Crippen LogP contribution in [-0.2, 0) is 0 Å². The van der Waals surface area contributed by atoms with E-state index in [0.717, 1.165) is 30.9 Å². The van der Waals surface area contributed by atoms with Crippen LogP contribution in [0.5, 0.6) is 0 Å². The second-order valence-corrected chi connectivity index (χ2v) is 4.84. The Balaban J connectivity index is 2.24. The van der Waals surface area contributed by atoms with E-state index >= 15 is 0 Å². The van der Waals surface area contributed by atoms with Crippen LogP contribution in [0.2, 0.25) is 0 Å². The maximum absolute atomic E-state index is 9.61. The van der Waals surface area contributed by atoms with E-state index in [-0.39, 0.29) is 6.10 Å². The lowest BCUT2D eigenvalue weighted by Gasteiger charge is -2.21. The second-order valence-electron chi connectivity index (χ2n) is 4.84. The molecule has 0 amide bonds. The molecular weight excluding hydrogens is 216 g/mol. The summed E-state index contributed by atoms with van der Waals surface area (Å²) in [6.45, 7) is 7.41. The number of nitrogens with two attached hydrogens (primary N) is 1. The van der Waals surface area contributed by atoms with Crippen LogP contribution in [0.3, 0.4) is 0 Å². The molecule has 5 nitrogen and oxygen atoms in total. The van der Waals surface area contributed by atoms with E-state index in [1.54, 1.807) is 0 Å². The first-order chi connectivity index (χ1) is 7.99. The van der Waals surface area contributed by atoms with Crippen molar-refractivity contribution in [3.05, 3.63) is 11.4 Å². The molecule has 17 heavy (non-hydrogen) atoms. The first-order valence-corrected chi connectivity index (χ1v) is 6.02. The molecule has 0 bridgehead atoms. The van der Waals surface area contributed by atoms with Crippen LogP contribution in [0.25, 0.3) is 0 Å². The highest BCUT2D eigenvalue weighted by Gasteiger charge is 2.28. The molecule has 1 aromatic rings. The van der Waals surface area contributed by atoms with Crippen LogP contribution >= 0.6 is 0 Å². The van der Waals surface area contributed by atoms with Crippen molar-refractivity contribution in [3.63, 3.8) is 0 Å². The molecule has 2 atom stereocenters. The predicted molar refractivity (Wildman–Crippen MR) is 67.9 cm³/mol. The van der Waals surface area contributed by atoms with Crippen molar-refractivity contribution in [1.29, 1.82) is 0 Å². The quantitative estimate of drug-likeness (QED) is 0.797. The molecule has 0 radical (unpaired) electrons. The Bertz CT molecular complexity index is 419. The van der Waals surface area contributed by atoms with Gasteiger partial charge in [0.25, 0.3) is 0 Å². The molecule has 0 aliphatic carbocycles. The van der Waals surface area contributed by atoms with Gasteiger partial charge in [-0.2, -0.15) is 0 Å². The number of nitrogen functional groups attached to an aromatic ring is 1. The number of aliphatic hydroxyl groups excluding tert-OH is 1. The Morgan fingerprint density at radius 3 is 2.71 bits per heavy atom. The van der Waals surface area contributed by atoms with Gasteiger partial charge in [0.05, 0.1) is 6.10 Å². The molecule has 3 N–H and O–H groups in total. The van der Waals surface area contributed by atoms with Crippen molar-refractivity contribution in [1.82, 2.24) is 9.97 Å². The fourth-order valence-electron chi connectivity index (χ4n) is 2.32. The minimum absolute atomic E-state index is 0.263. The lowest BCUT2D eigenvalue weighted by Crippen LogP contribution is -2.26. The van der Waals surface area contributed by atoms with Gasteiger partial charge >= 0.3 is 0 Å². The average Bonchev–Trinajstić information content (AvgIpc) is 2.72. The van der Waals surface area contributed by atoms with Gasteiger partial charge in [-0.3, -0.25) is 0 Å². The summed E-state index contributed by atoms with van der Waals surface area (Å²) in [7, 11) is 0.